The molecule has 1 amide bonds. The van der Waals surface area contributed by atoms with Crippen LogP contribution in [-0.2, 0) is 9.53 Å². The van der Waals surface area contributed by atoms with Gasteiger partial charge in [0, 0.05) is 17.0 Å². The molecule has 0 saturated heterocycles. The van der Waals surface area contributed by atoms with Crippen LogP contribution >= 0.6 is 0 Å². The van der Waals surface area contributed by atoms with Gasteiger partial charge in [-0.2, -0.15) is 0 Å². The van der Waals surface area contributed by atoms with Gasteiger partial charge < -0.3 is 18.8 Å². The first kappa shape index (κ1) is 16.9. The lowest BCUT2D eigenvalue weighted by Gasteiger charge is -2.24. The lowest BCUT2D eigenvalue weighted by molar-refractivity contribution is -0.141. The summed E-state index contributed by atoms with van der Waals surface area (Å²) in [5.41, 5.74) is 1.33. The molecule has 1 aromatic heterocycles. The summed E-state index contributed by atoms with van der Waals surface area (Å²) in [6.07, 6.45) is 0. The Morgan fingerprint density at radius 3 is 2.52 bits per heavy atom. The molecule has 1 aromatic carbocycles. The molecule has 2 rings (SSSR count). The number of esters is 1. The molecule has 2 aromatic rings. The van der Waals surface area contributed by atoms with Crippen LogP contribution in [0.2, 0.25) is 0 Å². The van der Waals surface area contributed by atoms with Crippen molar-refractivity contribution in [2.45, 2.75) is 26.8 Å². The number of methoxy groups -OCH3 is 2. The van der Waals surface area contributed by atoms with E-state index in [0.717, 1.165) is 10.9 Å². The monoisotopic (exact) mass is 319 g/mol. The van der Waals surface area contributed by atoms with Gasteiger partial charge in [-0.3, -0.25) is 9.59 Å². The fraction of sp³-hybridized carbons (Fsp3) is 0.412. The van der Waals surface area contributed by atoms with Crippen LogP contribution in [0.25, 0.3) is 11.0 Å². The fourth-order valence-corrected chi connectivity index (χ4v) is 2.35. The first-order valence-electron chi connectivity index (χ1n) is 7.34. The summed E-state index contributed by atoms with van der Waals surface area (Å²) in [5.74, 6) is 0.113. The third-order valence-electron chi connectivity index (χ3n) is 3.75. The number of hydrogen-bond acceptors (Lipinski definition) is 5. The summed E-state index contributed by atoms with van der Waals surface area (Å²) in [5, 5.41) is 0.814. The Balaban J connectivity index is 2.42. The summed E-state index contributed by atoms with van der Waals surface area (Å²) in [4.78, 5) is 25.7. The van der Waals surface area contributed by atoms with Crippen LogP contribution in [-0.4, -0.2) is 43.6 Å². The van der Waals surface area contributed by atoms with Crippen LogP contribution in [0.3, 0.4) is 0 Å². The third kappa shape index (κ3) is 3.31. The second-order valence-electron chi connectivity index (χ2n) is 5.52. The summed E-state index contributed by atoms with van der Waals surface area (Å²) in [7, 11) is 2.88. The molecule has 23 heavy (non-hydrogen) atoms. The Labute approximate surface area is 135 Å². The van der Waals surface area contributed by atoms with Gasteiger partial charge >= 0.3 is 5.97 Å². The Morgan fingerprint density at radius 1 is 1.26 bits per heavy atom. The van der Waals surface area contributed by atoms with Crippen LogP contribution < -0.4 is 4.74 Å². The maximum Gasteiger partial charge on any atom is 0.325 e. The van der Waals surface area contributed by atoms with Crippen LogP contribution in [0.15, 0.2) is 22.6 Å². The number of rotatable bonds is 5. The lowest BCUT2D eigenvalue weighted by Crippen LogP contribution is -2.41. The predicted molar refractivity (Wildman–Crippen MR) is 85.7 cm³/mol. The average Bonchev–Trinajstić information content (AvgIpc) is 2.87. The second kappa shape index (κ2) is 6.73. The van der Waals surface area contributed by atoms with E-state index >= 15 is 0 Å². The van der Waals surface area contributed by atoms with Crippen molar-refractivity contribution in [2.75, 3.05) is 20.8 Å². The number of hydrogen-bond donors (Lipinski definition) is 0. The van der Waals surface area contributed by atoms with Crippen molar-refractivity contribution in [3.8, 4) is 5.75 Å². The van der Waals surface area contributed by atoms with Crippen molar-refractivity contribution < 1.29 is 23.5 Å². The minimum Gasteiger partial charge on any atom is -0.497 e. The molecule has 0 unspecified atom stereocenters. The first-order chi connectivity index (χ1) is 10.9. The van der Waals surface area contributed by atoms with Crippen molar-refractivity contribution in [3.63, 3.8) is 0 Å². The summed E-state index contributed by atoms with van der Waals surface area (Å²) >= 11 is 0. The second-order valence-corrected chi connectivity index (χ2v) is 5.52. The van der Waals surface area contributed by atoms with Crippen molar-refractivity contribution >= 4 is 22.8 Å². The molecule has 0 aliphatic heterocycles. The van der Waals surface area contributed by atoms with Gasteiger partial charge in [-0.15, -0.1) is 0 Å². The zero-order valence-electron chi connectivity index (χ0n) is 14.0. The van der Waals surface area contributed by atoms with Crippen LogP contribution in [0.5, 0.6) is 5.75 Å². The molecule has 124 valence electrons. The maximum atomic E-state index is 12.8. The van der Waals surface area contributed by atoms with E-state index in [2.05, 4.69) is 4.74 Å². The number of nitrogens with zero attached hydrogens (tertiary/aromatic N) is 1. The highest BCUT2D eigenvalue weighted by atomic mass is 16.5. The molecule has 6 nitrogen and oxygen atoms in total. The smallest absolute Gasteiger partial charge is 0.325 e. The Bertz CT molecular complexity index is 732. The molecule has 0 spiro atoms. The maximum absolute atomic E-state index is 12.8. The number of aryl methyl sites for hydroxylation is 1. The van der Waals surface area contributed by atoms with Crippen LogP contribution in [0, 0.1) is 6.92 Å². The largest absolute Gasteiger partial charge is 0.497 e. The van der Waals surface area contributed by atoms with Gasteiger partial charge in [-0.05, 0) is 39.0 Å². The summed E-state index contributed by atoms with van der Waals surface area (Å²) in [6.45, 7) is 5.37. The molecule has 0 aliphatic carbocycles. The topological polar surface area (TPSA) is 69.0 Å². The minimum absolute atomic E-state index is 0.118. The van der Waals surface area contributed by atoms with E-state index < -0.39 is 5.97 Å². The number of amides is 1. The lowest BCUT2D eigenvalue weighted by atomic mass is 10.1. The molecule has 0 N–H and O–H groups in total. The first-order valence-corrected chi connectivity index (χ1v) is 7.34. The number of carbonyl (C=O) groups excluding carboxylic acids is 2. The Kier molecular flexibility index (Phi) is 4.93. The molecule has 0 aliphatic rings. The van der Waals surface area contributed by atoms with E-state index in [1.807, 2.05) is 26.8 Å². The van der Waals surface area contributed by atoms with Gasteiger partial charge in [0.05, 0.1) is 14.2 Å². The number of benzene rings is 1. The summed E-state index contributed by atoms with van der Waals surface area (Å²) < 4.78 is 15.6. The average molecular weight is 319 g/mol. The third-order valence-corrected chi connectivity index (χ3v) is 3.75. The van der Waals surface area contributed by atoms with E-state index in [1.165, 1.54) is 12.0 Å². The van der Waals surface area contributed by atoms with Crippen molar-refractivity contribution in [2.24, 2.45) is 0 Å². The predicted octanol–water partition coefficient (Wildman–Crippen LogP) is 2.77. The molecule has 6 heteroatoms. The molecule has 0 saturated carbocycles. The molecular formula is C17H21NO5. The van der Waals surface area contributed by atoms with Crippen molar-refractivity contribution in [3.05, 3.63) is 29.5 Å². The number of ether oxygens (including phenoxy) is 2. The number of carbonyl (C=O) groups is 2. The quantitative estimate of drug-likeness (QED) is 0.793. The van der Waals surface area contributed by atoms with Gasteiger partial charge in [0.1, 0.15) is 17.9 Å². The highest BCUT2D eigenvalue weighted by Crippen LogP contribution is 2.29. The van der Waals surface area contributed by atoms with Crippen molar-refractivity contribution in [1.82, 2.24) is 4.90 Å². The van der Waals surface area contributed by atoms with Gasteiger partial charge in [0.25, 0.3) is 5.91 Å². The Hall–Kier alpha value is -2.50. The zero-order chi connectivity index (χ0) is 17.1. The zero-order valence-corrected chi connectivity index (χ0v) is 14.0. The molecule has 0 fully saturated rings. The van der Waals surface area contributed by atoms with Gasteiger partial charge in [-0.1, -0.05) is 0 Å². The highest BCUT2D eigenvalue weighted by Gasteiger charge is 2.27. The molecular weight excluding hydrogens is 298 g/mol. The fourth-order valence-electron chi connectivity index (χ4n) is 2.35. The van der Waals surface area contributed by atoms with E-state index in [1.54, 1.807) is 19.2 Å². The number of fused-ring (bicyclic) bond motifs is 1. The molecule has 0 atom stereocenters. The SMILES string of the molecule is COC(=O)CN(C(=O)c1oc2ccc(OC)cc2c1C)C(C)C. The minimum atomic E-state index is -0.470. The van der Waals surface area contributed by atoms with Gasteiger partial charge in [-0.25, -0.2) is 0 Å². The van der Waals surface area contributed by atoms with Crippen LogP contribution in [0.4, 0.5) is 0 Å². The Morgan fingerprint density at radius 2 is 1.96 bits per heavy atom. The van der Waals surface area contributed by atoms with Gasteiger partial charge in [0.2, 0.25) is 0 Å². The molecule has 0 radical (unpaired) electrons. The van der Waals surface area contributed by atoms with E-state index in [-0.39, 0.29) is 24.3 Å². The summed E-state index contributed by atoms with van der Waals surface area (Å²) in [6, 6.07) is 5.20. The van der Waals surface area contributed by atoms with E-state index in [9.17, 15) is 9.59 Å². The van der Waals surface area contributed by atoms with Crippen molar-refractivity contribution in [1.29, 1.82) is 0 Å². The van der Waals surface area contributed by atoms with E-state index in [0.29, 0.717) is 11.3 Å². The highest BCUT2D eigenvalue weighted by molar-refractivity contribution is 6.00. The van der Waals surface area contributed by atoms with Crippen LogP contribution in [0.1, 0.15) is 30.0 Å². The number of furan rings is 1. The van der Waals surface area contributed by atoms with E-state index in [4.69, 9.17) is 9.15 Å². The standard InChI is InChI=1S/C17H21NO5/c1-10(2)18(9-15(19)22-5)17(20)16-11(3)13-8-12(21-4)6-7-14(13)23-16/h6-8,10H,9H2,1-5H3. The molecule has 1 heterocycles. The van der Waals surface area contributed by atoms with Gasteiger partial charge in [0.15, 0.2) is 5.76 Å². The molecule has 0 bridgehead atoms. The normalized spacial score (nSPS) is 10.9.